The fraction of sp³-hybridized carbons (Fsp3) is 0.273. The van der Waals surface area contributed by atoms with Crippen LogP contribution in [0.5, 0.6) is 0 Å². The van der Waals surface area contributed by atoms with E-state index >= 15 is 0 Å². The fourth-order valence-electron chi connectivity index (χ4n) is 1.42. The molecule has 0 atom stereocenters. The normalized spacial score (nSPS) is 10.5. The van der Waals surface area contributed by atoms with Crippen molar-refractivity contribution in [1.82, 2.24) is 14.8 Å². The van der Waals surface area contributed by atoms with Gasteiger partial charge in [-0.25, -0.2) is 0 Å². The lowest BCUT2D eigenvalue weighted by Crippen LogP contribution is -1.98. The predicted molar refractivity (Wildman–Crippen MR) is 60.0 cm³/mol. The smallest absolute Gasteiger partial charge is 0.225 e. The van der Waals surface area contributed by atoms with Gasteiger partial charge in [-0.15, -0.1) is 10.2 Å². The largest absolute Gasteiger partial charge is 0.300 e. The zero-order valence-electron chi connectivity index (χ0n) is 8.52. The van der Waals surface area contributed by atoms with Crippen molar-refractivity contribution in [2.45, 2.75) is 19.9 Å². The number of hydrogen-bond donors (Lipinski definition) is 0. The maximum absolute atomic E-state index is 5.84. The number of aromatic nitrogens is 3. The van der Waals surface area contributed by atoms with Gasteiger partial charge in [0.05, 0.1) is 6.54 Å². The molecule has 0 aliphatic rings. The highest BCUT2D eigenvalue weighted by molar-refractivity contribution is 6.28. The molecule has 2 aromatic rings. The first-order valence-electron chi connectivity index (χ1n) is 4.90. The van der Waals surface area contributed by atoms with Gasteiger partial charge in [0.25, 0.3) is 0 Å². The summed E-state index contributed by atoms with van der Waals surface area (Å²) in [5, 5.41) is 7.88. The summed E-state index contributed by atoms with van der Waals surface area (Å²) >= 11 is 5.84. The summed E-state index contributed by atoms with van der Waals surface area (Å²) in [7, 11) is 0. The zero-order chi connectivity index (χ0) is 10.7. The lowest BCUT2D eigenvalue weighted by Gasteiger charge is -2.03. The topological polar surface area (TPSA) is 30.7 Å². The Labute approximate surface area is 93.7 Å². The van der Waals surface area contributed by atoms with Crippen LogP contribution in [-0.4, -0.2) is 14.8 Å². The van der Waals surface area contributed by atoms with Gasteiger partial charge < -0.3 is 0 Å². The second-order valence-electron chi connectivity index (χ2n) is 3.40. The van der Waals surface area contributed by atoms with E-state index in [1.54, 1.807) is 6.33 Å². The number of hydrogen-bond acceptors (Lipinski definition) is 2. The second-order valence-corrected chi connectivity index (χ2v) is 3.74. The van der Waals surface area contributed by atoms with E-state index in [0.717, 1.165) is 13.0 Å². The fourth-order valence-corrected chi connectivity index (χ4v) is 1.57. The van der Waals surface area contributed by atoms with Crippen molar-refractivity contribution in [3.05, 3.63) is 47.0 Å². The molecule has 0 fully saturated rings. The lowest BCUT2D eigenvalue weighted by atomic mass is 10.1. The van der Waals surface area contributed by atoms with Crippen LogP contribution in [0.3, 0.4) is 0 Å². The van der Waals surface area contributed by atoms with E-state index in [2.05, 4.69) is 41.4 Å². The minimum Gasteiger partial charge on any atom is -0.300 e. The van der Waals surface area contributed by atoms with Crippen LogP contribution < -0.4 is 0 Å². The van der Waals surface area contributed by atoms with Crippen molar-refractivity contribution < 1.29 is 0 Å². The quantitative estimate of drug-likeness (QED) is 0.798. The number of halogens is 1. The van der Waals surface area contributed by atoms with Crippen molar-refractivity contribution in [2.24, 2.45) is 0 Å². The van der Waals surface area contributed by atoms with Gasteiger partial charge in [0.15, 0.2) is 0 Å². The monoisotopic (exact) mass is 221 g/mol. The molecule has 78 valence electrons. The molecule has 3 nitrogen and oxygen atoms in total. The van der Waals surface area contributed by atoms with Crippen LogP contribution in [-0.2, 0) is 13.0 Å². The third-order valence-electron chi connectivity index (χ3n) is 2.35. The van der Waals surface area contributed by atoms with Crippen LogP contribution in [0.1, 0.15) is 18.1 Å². The standard InChI is InChI=1S/C11H12ClN3/c1-2-9-3-5-10(6-4-9)7-15-8-13-14-11(15)12/h3-6,8H,2,7H2,1H3. The lowest BCUT2D eigenvalue weighted by molar-refractivity contribution is 0.794. The Morgan fingerprint density at radius 2 is 1.87 bits per heavy atom. The molecule has 1 heterocycles. The van der Waals surface area contributed by atoms with E-state index in [4.69, 9.17) is 11.6 Å². The summed E-state index contributed by atoms with van der Waals surface area (Å²) < 4.78 is 1.81. The highest BCUT2D eigenvalue weighted by Gasteiger charge is 2.01. The summed E-state index contributed by atoms with van der Waals surface area (Å²) in [6, 6.07) is 8.48. The molecule has 2 rings (SSSR count). The number of aryl methyl sites for hydroxylation is 1. The first-order chi connectivity index (χ1) is 7.29. The van der Waals surface area contributed by atoms with E-state index < -0.39 is 0 Å². The molecule has 0 saturated carbocycles. The van der Waals surface area contributed by atoms with Crippen LogP contribution in [0, 0.1) is 0 Å². The van der Waals surface area contributed by atoms with Gasteiger partial charge in [0.1, 0.15) is 6.33 Å². The summed E-state index contributed by atoms with van der Waals surface area (Å²) in [5.74, 6) is 0. The highest BCUT2D eigenvalue weighted by Crippen LogP contribution is 2.09. The van der Waals surface area contributed by atoms with E-state index in [1.807, 2.05) is 4.57 Å². The molecule has 1 aromatic heterocycles. The van der Waals surface area contributed by atoms with Gasteiger partial charge in [0.2, 0.25) is 5.28 Å². The molecule has 0 bridgehead atoms. The van der Waals surface area contributed by atoms with E-state index in [-0.39, 0.29) is 0 Å². The van der Waals surface area contributed by atoms with Gasteiger partial charge >= 0.3 is 0 Å². The molecule has 0 aliphatic heterocycles. The SMILES string of the molecule is CCc1ccc(Cn2cnnc2Cl)cc1. The maximum atomic E-state index is 5.84. The summed E-state index contributed by atoms with van der Waals surface area (Å²) in [5.41, 5.74) is 2.54. The first kappa shape index (κ1) is 10.2. The Kier molecular flexibility index (Phi) is 3.02. The molecular formula is C11H12ClN3. The average Bonchev–Trinajstić information content (AvgIpc) is 2.66. The minimum atomic E-state index is 0.426. The van der Waals surface area contributed by atoms with Crippen LogP contribution in [0.4, 0.5) is 0 Å². The van der Waals surface area contributed by atoms with Gasteiger partial charge in [-0.05, 0) is 29.1 Å². The van der Waals surface area contributed by atoms with E-state index in [0.29, 0.717) is 5.28 Å². The number of benzene rings is 1. The van der Waals surface area contributed by atoms with Crippen molar-refractivity contribution in [2.75, 3.05) is 0 Å². The van der Waals surface area contributed by atoms with Crippen molar-refractivity contribution in [3.63, 3.8) is 0 Å². The molecule has 0 unspecified atom stereocenters. The molecule has 0 aliphatic carbocycles. The van der Waals surface area contributed by atoms with Crippen molar-refractivity contribution >= 4 is 11.6 Å². The van der Waals surface area contributed by atoms with Crippen molar-refractivity contribution in [3.8, 4) is 0 Å². The molecular weight excluding hydrogens is 210 g/mol. The van der Waals surface area contributed by atoms with E-state index in [9.17, 15) is 0 Å². The third-order valence-corrected chi connectivity index (χ3v) is 2.65. The summed E-state index contributed by atoms with van der Waals surface area (Å²) in [6.07, 6.45) is 2.70. The summed E-state index contributed by atoms with van der Waals surface area (Å²) in [4.78, 5) is 0. The Morgan fingerprint density at radius 1 is 1.20 bits per heavy atom. The molecule has 0 spiro atoms. The Morgan fingerprint density at radius 3 is 2.40 bits per heavy atom. The second kappa shape index (κ2) is 4.45. The Balaban J connectivity index is 2.14. The van der Waals surface area contributed by atoms with Crippen LogP contribution >= 0.6 is 11.6 Å². The number of rotatable bonds is 3. The first-order valence-corrected chi connectivity index (χ1v) is 5.28. The van der Waals surface area contributed by atoms with Crippen LogP contribution in [0.2, 0.25) is 5.28 Å². The van der Waals surface area contributed by atoms with Crippen molar-refractivity contribution in [1.29, 1.82) is 0 Å². The minimum absolute atomic E-state index is 0.426. The highest BCUT2D eigenvalue weighted by atomic mass is 35.5. The van der Waals surface area contributed by atoms with Gasteiger partial charge in [-0.1, -0.05) is 31.2 Å². The predicted octanol–water partition coefficient (Wildman–Crippen LogP) is 2.54. The molecule has 0 saturated heterocycles. The number of nitrogens with zero attached hydrogens (tertiary/aromatic N) is 3. The molecule has 15 heavy (non-hydrogen) atoms. The zero-order valence-corrected chi connectivity index (χ0v) is 9.28. The molecule has 0 N–H and O–H groups in total. The van der Waals surface area contributed by atoms with Crippen LogP contribution in [0.25, 0.3) is 0 Å². The molecule has 1 aromatic carbocycles. The summed E-state index contributed by atoms with van der Waals surface area (Å²) in [6.45, 7) is 2.86. The third kappa shape index (κ3) is 2.36. The Bertz CT molecular complexity index is 433. The van der Waals surface area contributed by atoms with E-state index in [1.165, 1.54) is 11.1 Å². The maximum Gasteiger partial charge on any atom is 0.225 e. The Hall–Kier alpha value is -1.35. The van der Waals surface area contributed by atoms with Crippen LogP contribution in [0.15, 0.2) is 30.6 Å². The average molecular weight is 222 g/mol. The van der Waals surface area contributed by atoms with Gasteiger partial charge in [-0.2, -0.15) is 0 Å². The van der Waals surface area contributed by atoms with Gasteiger partial charge in [-0.3, -0.25) is 4.57 Å². The molecule has 0 radical (unpaired) electrons. The molecule has 0 amide bonds. The molecule has 4 heteroatoms. The van der Waals surface area contributed by atoms with Gasteiger partial charge in [0, 0.05) is 0 Å².